The van der Waals surface area contributed by atoms with Gasteiger partial charge in [-0.2, -0.15) is 0 Å². The lowest BCUT2D eigenvalue weighted by atomic mass is 9.92. The molecule has 0 saturated heterocycles. The summed E-state index contributed by atoms with van der Waals surface area (Å²) in [6, 6.07) is 0. The van der Waals surface area contributed by atoms with Gasteiger partial charge in [-0.15, -0.1) is 0 Å². The van der Waals surface area contributed by atoms with Crippen LogP contribution in [0.25, 0.3) is 0 Å². The van der Waals surface area contributed by atoms with Crippen LogP contribution >= 0.6 is 0 Å². The molecule has 3 nitrogen and oxygen atoms in total. The molecule has 0 bridgehead atoms. The van der Waals surface area contributed by atoms with E-state index in [2.05, 4.69) is 0 Å². The first-order valence-corrected chi connectivity index (χ1v) is 3.60. The maximum Gasteiger partial charge on any atom is 0.0874 e. The smallest absolute Gasteiger partial charge is 0.0874 e. The zero-order valence-corrected chi connectivity index (χ0v) is 6.61. The molecule has 0 radical (unpaired) electrons. The molecule has 1 aliphatic carbocycles. The molecule has 0 heterocycles. The van der Waals surface area contributed by atoms with E-state index < -0.39 is 0 Å². The predicted molar refractivity (Wildman–Crippen MR) is 44.4 cm³/mol. The third-order valence-corrected chi connectivity index (χ3v) is 1.73. The zero-order chi connectivity index (χ0) is 8.27. The highest BCUT2D eigenvalue weighted by molar-refractivity contribution is 6.12. The van der Waals surface area contributed by atoms with Crippen molar-refractivity contribution in [2.45, 2.75) is 19.3 Å². The van der Waals surface area contributed by atoms with Crippen LogP contribution in [0.4, 0.5) is 0 Å². The van der Waals surface area contributed by atoms with Crippen molar-refractivity contribution in [1.82, 2.24) is 0 Å². The molecule has 3 heteroatoms. The van der Waals surface area contributed by atoms with Crippen molar-refractivity contribution < 1.29 is 4.74 Å². The Labute approximate surface area is 66.1 Å². The molecular formula is C8H12N2O. The van der Waals surface area contributed by atoms with Gasteiger partial charge in [0.2, 0.25) is 0 Å². The van der Waals surface area contributed by atoms with Gasteiger partial charge in [0.25, 0.3) is 0 Å². The Morgan fingerprint density at radius 2 is 2.09 bits per heavy atom. The van der Waals surface area contributed by atoms with Crippen molar-refractivity contribution >= 4 is 11.4 Å². The molecule has 0 unspecified atom stereocenters. The van der Waals surface area contributed by atoms with E-state index in [1.165, 1.54) is 0 Å². The molecule has 1 rings (SSSR count). The highest BCUT2D eigenvalue weighted by Crippen LogP contribution is 2.17. The number of hydrogen-bond donors (Lipinski definition) is 2. The summed E-state index contributed by atoms with van der Waals surface area (Å²) in [7, 11) is 1.58. The molecule has 0 atom stereocenters. The summed E-state index contributed by atoms with van der Waals surface area (Å²) in [5.41, 5.74) is 2.12. The summed E-state index contributed by atoms with van der Waals surface area (Å²) in [5.74, 6) is 0. The van der Waals surface area contributed by atoms with E-state index in [1.54, 1.807) is 13.4 Å². The number of allylic oxidation sites excluding steroid dienone is 1. The first-order valence-electron chi connectivity index (χ1n) is 3.60. The Bertz CT molecular complexity index is 218. The van der Waals surface area contributed by atoms with Gasteiger partial charge >= 0.3 is 0 Å². The maximum atomic E-state index is 7.49. The number of rotatable bonds is 1. The number of methoxy groups -OCH3 is 1. The van der Waals surface area contributed by atoms with Gasteiger partial charge in [-0.3, -0.25) is 0 Å². The molecule has 0 spiro atoms. The molecular weight excluding hydrogens is 140 g/mol. The van der Waals surface area contributed by atoms with Gasteiger partial charge in [0, 0.05) is 23.4 Å². The molecule has 1 fully saturated rings. The van der Waals surface area contributed by atoms with Crippen LogP contribution in [0, 0.1) is 10.8 Å². The average Bonchev–Trinajstić information content (AvgIpc) is 1.95. The highest BCUT2D eigenvalue weighted by Gasteiger charge is 2.15. The molecule has 1 aliphatic rings. The molecule has 1 saturated carbocycles. The predicted octanol–water partition coefficient (Wildman–Crippen LogP) is 1.74. The minimum Gasteiger partial charge on any atom is -0.504 e. The molecule has 0 aliphatic heterocycles. The molecule has 0 aromatic rings. The van der Waals surface area contributed by atoms with Crippen molar-refractivity contribution in [1.29, 1.82) is 10.8 Å². The van der Waals surface area contributed by atoms with E-state index in [9.17, 15) is 0 Å². The van der Waals surface area contributed by atoms with Crippen LogP contribution < -0.4 is 0 Å². The standard InChI is InChI=1S/C8H12N2O/c1-11-5-6-2-3-7(9)4-8(6)10/h5,9-10H,2-4H2,1H3. The summed E-state index contributed by atoms with van der Waals surface area (Å²) in [6.45, 7) is 0. The van der Waals surface area contributed by atoms with Crippen LogP contribution in [0.3, 0.4) is 0 Å². The Hall–Kier alpha value is -1.12. The van der Waals surface area contributed by atoms with E-state index in [0.717, 1.165) is 18.4 Å². The van der Waals surface area contributed by atoms with Gasteiger partial charge < -0.3 is 15.6 Å². The van der Waals surface area contributed by atoms with Gasteiger partial charge in [0.05, 0.1) is 13.4 Å². The van der Waals surface area contributed by atoms with Crippen LogP contribution in [-0.2, 0) is 4.74 Å². The van der Waals surface area contributed by atoms with Gasteiger partial charge in [0.15, 0.2) is 0 Å². The van der Waals surface area contributed by atoms with Gasteiger partial charge in [-0.05, 0) is 12.8 Å². The molecule has 0 amide bonds. The summed E-state index contributed by atoms with van der Waals surface area (Å²) in [6.07, 6.45) is 3.66. The topological polar surface area (TPSA) is 56.9 Å². The molecule has 0 aromatic heterocycles. The largest absolute Gasteiger partial charge is 0.504 e. The fraction of sp³-hybridized carbons (Fsp3) is 0.500. The quantitative estimate of drug-likeness (QED) is 0.552. The monoisotopic (exact) mass is 152 g/mol. The van der Waals surface area contributed by atoms with Crippen molar-refractivity contribution in [2.24, 2.45) is 0 Å². The Morgan fingerprint density at radius 3 is 2.64 bits per heavy atom. The van der Waals surface area contributed by atoms with E-state index in [1.807, 2.05) is 0 Å². The SMILES string of the molecule is COC=C1CCC(=N)CC1=N. The molecule has 0 aromatic carbocycles. The first kappa shape index (κ1) is 7.98. The van der Waals surface area contributed by atoms with Crippen LogP contribution in [-0.4, -0.2) is 18.5 Å². The number of nitrogens with one attached hydrogen (secondary N) is 2. The lowest BCUT2D eigenvalue weighted by Gasteiger charge is -2.15. The van der Waals surface area contributed by atoms with Gasteiger partial charge in [-0.25, -0.2) is 0 Å². The maximum absolute atomic E-state index is 7.49. The summed E-state index contributed by atoms with van der Waals surface area (Å²) < 4.78 is 4.81. The van der Waals surface area contributed by atoms with E-state index in [-0.39, 0.29) is 0 Å². The molecule has 11 heavy (non-hydrogen) atoms. The second kappa shape index (κ2) is 3.32. The Kier molecular flexibility index (Phi) is 2.41. The van der Waals surface area contributed by atoms with Gasteiger partial charge in [-0.1, -0.05) is 0 Å². The van der Waals surface area contributed by atoms with Crippen molar-refractivity contribution in [3.8, 4) is 0 Å². The summed E-state index contributed by atoms with van der Waals surface area (Å²) in [5, 5.41) is 14.8. The van der Waals surface area contributed by atoms with E-state index in [0.29, 0.717) is 17.8 Å². The fourth-order valence-electron chi connectivity index (χ4n) is 1.12. The van der Waals surface area contributed by atoms with E-state index >= 15 is 0 Å². The minimum absolute atomic E-state index is 0.495. The summed E-state index contributed by atoms with van der Waals surface area (Å²) in [4.78, 5) is 0. The second-order valence-electron chi connectivity index (χ2n) is 2.64. The van der Waals surface area contributed by atoms with Crippen LogP contribution in [0.1, 0.15) is 19.3 Å². The second-order valence-corrected chi connectivity index (χ2v) is 2.64. The Balaban J connectivity index is 2.65. The lowest BCUT2D eigenvalue weighted by Crippen LogP contribution is -2.15. The zero-order valence-electron chi connectivity index (χ0n) is 6.61. The number of hydrogen-bond acceptors (Lipinski definition) is 3. The normalized spacial score (nSPS) is 22.5. The number of ether oxygens (including phenoxy) is 1. The van der Waals surface area contributed by atoms with Crippen LogP contribution in [0.15, 0.2) is 11.8 Å². The van der Waals surface area contributed by atoms with Crippen LogP contribution in [0.5, 0.6) is 0 Å². The minimum atomic E-state index is 0.495. The molecule has 2 N–H and O–H groups in total. The average molecular weight is 152 g/mol. The van der Waals surface area contributed by atoms with Crippen molar-refractivity contribution in [2.75, 3.05) is 7.11 Å². The third-order valence-electron chi connectivity index (χ3n) is 1.73. The Morgan fingerprint density at radius 1 is 1.36 bits per heavy atom. The summed E-state index contributed by atoms with van der Waals surface area (Å²) >= 11 is 0. The van der Waals surface area contributed by atoms with E-state index in [4.69, 9.17) is 15.6 Å². The highest BCUT2D eigenvalue weighted by atomic mass is 16.5. The molecule has 60 valence electrons. The fourth-order valence-corrected chi connectivity index (χ4v) is 1.12. The van der Waals surface area contributed by atoms with Gasteiger partial charge in [0.1, 0.15) is 0 Å². The van der Waals surface area contributed by atoms with Crippen molar-refractivity contribution in [3.05, 3.63) is 11.8 Å². The van der Waals surface area contributed by atoms with Crippen molar-refractivity contribution in [3.63, 3.8) is 0 Å². The lowest BCUT2D eigenvalue weighted by molar-refractivity contribution is 0.334. The van der Waals surface area contributed by atoms with Crippen LogP contribution in [0.2, 0.25) is 0 Å². The first-order chi connectivity index (χ1) is 5.24. The third kappa shape index (κ3) is 1.90.